The van der Waals surface area contributed by atoms with Crippen LogP contribution in [0.1, 0.15) is 22.3 Å². The number of hydrogen-bond donors (Lipinski definition) is 1. The van der Waals surface area contributed by atoms with E-state index < -0.39 is 16.0 Å². The summed E-state index contributed by atoms with van der Waals surface area (Å²) in [4.78, 5) is 13.7. The number of carbonyl (C=O) groups is 1. The van der Waals surface area contributed by atoms with Gasteiger partial charge in [-0.05, 0) is 48.4 Å². The molecule has 0 spiro atoms. The van der Waals surface area contributed by atoms with Gasteiger partial charge >= 0.3 is 5.97 Å². The summed E-state index contributed by atoms with van der Waals surface area (Å²) in [6.07, 6.45) is -0.0764. The monoisotopic (exact) mass is 528 g/mol. The Hall–Kier alpha value is -2.91. The number of hydrogen-bond acceptors (Lipinski definition) is 5. The maximum Gasteiger partial charge on any atom is 0.307 e. The number of rotatable bonds is 9. The van der Waals surface area contributed by atoms with Gasteiger partial charge in [0, 0.05) is 43.3 Å². The number of aryl methyl sites for hydroxylation is 1. The van der Waals surface area contributed by atoms with Gasteiger partial charge in [0.15, 0.2) is 0 Å². The van der Waals surface area contributed by atoms with Crippen molar-refractivity contribution in [1.29, 1.82) is 0 Å². The van der Waals surface area contributed by atoms with E-state index in [-0.39, 0.29) is 6.42 Å². The Balaban J connectivity index is 1.44. The van der Waals surface area contributed by atoms with Crippen LogP contribution in [0, 0.1) is 6.92 Å². The molecule has 0 saturated carbocycles. The van der Waals surface area contributed by atoms with Gasteiger partial charge in [0.25, 0.3) is 0 Å². The van der Waals surface area contributed by atoms with E-state index >= 15 is 0 Å². The van der Waals surface area contributed by atoms with Gasteiger partial charge in [0.2, 0.25) is 10.0 Å². The summed E-state index contributed by atoms with van der Waals surface area (Å²) in [5.41, 5.74) is 3.54. The second-order valence-electron chi connectivity index (χ2n) is 8.92. The Morgan fingerprint density at radius 2 is 1.58 bits per heavy atom. The van der Waals surface area contributed by atoms with E-state index in [1.165, 1.54) is 4.31 Å². The average Bonchev–Trinajstić information content (AvgIpc) is 2.85. The Labute approximate surface area is 216 Å². The van der Waals surface area contributed by atoms with Gasteiger partial charge < -0.3 is 9.84 Å². The summed E-state index contributed by atoms with van der Waals surface area (Å²) < 4.78 is 33.7. The Morgan fingerprint density at radius 1 is 0.944 bits per heavy atom. The third-order valence-corrected chi connectivity index (χ3v) is 8.34. The van der Waals surface area contributed by atoms with E-state index in [9.17, 15) is 18.3 Å². The van der Waals surface area contributed by atoms with Gasteiger partial charge in [-0.1, -0.05) is 53.6 Å². The van der Waals surface area contributed by atoms with Crippen LogP contribution >= 0.6 is 11.6 Å². The number of piperazine rings is 1. The van der Waals surface area contributed by atoms with Crippen molar-refractivity contribution in [1.82, 2.24) is 9.21 Å². The van der Waals surface area contributed by atoms with Crippen LogP contribution in [0.15, 0.2) is 71.6 Å². The van der Waals surface area contributed by atoms with Crippen molar-refractivity contribution in [3.63, 3.8) is 0 Å². The zero-order valence-corrected chi connectivity index (χ0v) is 21.6. The molecule has 9 heteroatoms. The molecule has 36 heavy (non-hydrogen) atoms. The Morgan fingerprint density at radius 3 is 2.22 bits per heavy atom. The van der Waals surface area contributed by atoms with E-state index in [1.54, 1.807) is 42.5 Å². The molecular weight excluding hydrogens is 500 g/mol. The molecule has 1 fully saturated rings. The van der Waals surface area contributed by atoms with Crippen molar-refractivity contribution >= 4 is 27.6 Å². The van der Waals surface area contributed by atoms with Crippen LogP contribution < -0.4 is 4.74 Å². The number of nitrogens with zero attached hydrogens (tertiary/aromatic N) is 2. The van der Waals surface area contributed by atoms with Crippen LogP contribution in [-0.2, 0) is 34.4 Å². The molecule has 1 saturated heterocycles. The molecule has 3 aromatic carbocycles. The minimum Gasteiger partial charge on any atom is -0.489 e. The highest BCUT2D eigenvalue weighted by Gasteiger charge is 2.28. The molecule has 0 unspecified atom stereocenters. The standard InChI is InChI=1S/C27H29ClN2O5S/c1-20-2-9-25(10-3-20)36(33,34)30-14-12-29(13-15-30)18-23-16-22(17-27(31)32)6-11-26(23)35-19-21-4-7-24(28)8-5-21/h2-11,16H,12-15,17-19H2,1H3,(H,31,32). The molecule has 0 aliphatic carbocycles. The van der Waals surface area contributed by atoms with Gasteiger partial charge in [-0.25, -0.2) is 8.42 Å². The summed E-state index contributed by atoms with van der Waals surface area (Å²) in [6.45, 7) is 4.69. The third kappa shape index (κ3) is 6.64. The lowest BCUT2D eigenvalue weighted by molar-refractivity contribution is -0.136. The van der Waals surface area contributed by atoms with Crippen molar-refractivity contribution in [3.05, 3.63) is 94.0 Å². The Kier molecular flexibility index (Phi) is 8.31. The first-order chi connectivity index (χ1) is 17.2. The minimum absolute atomic E-state index is 0.0764. The lowest BCUT2D eigenvalue weighted by Gasteiger charge is -2.34. The molecule has 0 atom stereocenters. The van der Waals surface area contributed by atoms with E-state index in [4.69, 9.17) is 16.3 Å². The van der Waals surface area contributed by atoms with Gasteiger partial charge in [0.1, 0.15) is 12.4 Å². The molecule has 0 bridgehead atoms. The highest BCUT2D eigenvalue weighted by molar-refractivity contribution is 7.89. The third-order valence-electron chi connectivity index (χ3n) is 6.17. The fraction of sp³-hybridized carbons (Fsp3) is 0.296. The van der Waals surface area contributed by atoms with Crippen LogP contribution in [0.4, 0.5) is 0 Å². The number of benzene rings is 3. The topological polar surface area (TPSA) is 87.2 Å². The van der Waals surface area contributed by atoms with Crippen molar-refractivity contribution in [2.24, 2.45) is 0 Å². The predicted octanol–water partition coefficient (Wildman–Crippen LogP) is 4.36. The number of sulfonamides is 1. The molecule has 1 aliphatic heterocycles. The quantitative estimate of drug-likeness (QED) is 0.444. The zero-order chi connectivity index (χ0) is 25.7. The fourth-order valence-electron chi connectivity index (χ4n) is 4.15. The SMILES string of the molecule is Cc1ccc(S(=O)(=O)N2CCN(Cc3cc(CC(=O)O)ccc3OCc3ccc(Cl)cc3)CC2)cc1. The van der Waals surface area contributed by atoms with E-state index in [1.807, 2.05) is 31.2 Å². The predicted molar refractivity (Wildman–Crippen MR) is 139 cm³/mol. The number of halogens is 1. The minimum atomic E-state index is -3.54. The van der Waals surface area contributed by atoms with Crippen molar-refractivity contribution in [2.45, 2.75) is 31.4 Å². The summed E-state index contributed by atoms with van der Waals surface area (Å²) in [5.74, 6) is -0.223. The molecule has 1 aliphatic rings. The van der Waals surface area contributed by atoms with Crippen LogP contribution in [-0.4, -0.2) is 54.9 Å². The first-order valence-electron chi connectivity index (χ1n) is 11.7. The number of carboxylic acid groups (broad SMARTS) is 1. The van der Waals surface area contributed by atoms with Crippen molar-refractivity contribution in [3.8, 4) is 5.75 Å². The summed E-state index contributed by atoms with van der Waals surface area (Å²) >= 11 is 5.97. The van der Waals surface area contributed by atoms with Crippen LogP contribution in [0.2, 0.25) is 5.02 Å². The fourth-order valence-corrected chi connectivity index (χ4v) is 5.70. The molecule has 7 nitrogen and oxygen atoms in total. The van der Waals surface area contributed by atoms with Crippen LogP contribution in [0.5, 0.6) is 5.75 Å². The Bertz CT molecular complexity index is 1300. The lowest BCUT2D eigenvalue weighted by Crippen LogP contribution is -2.48. The molecule has 0 radical (unpaired) electrons. The van der Waals surface area contributed by atoms with E-state index in [0.717, 1.165) is 16.7 Å². The molecule has 0 aromatic heterocycles. The average molecular weight is 529 g/mol. The van der Waals surface area contributed by atoms with Crippen molar-refractivity contribution < 1.29 is 23.1 Å². The van der Waals surface area contributed by atoms with Crippen LogP contribution in [0.3, 0.4) is 0 Å². The summed E-state index contributed by atoms with van der Waals surface area (Å²) in [7, 11) is -3.54. The van der Waals surface area contributed by atoms with Crippen LogP contribution in [0.25, 0.3) is 0 Å². The summed E-state index contributed by atoms with van der Waals surface area (Å²) in [5, 5.41) is 9.88. The molecule has 1 N–H and O–H groups in total. The molecule has 1 heterocycles. The normalized spacial score (nSPS) is 15.1. The van der Waals surface area contributed by atoms with E-state index in [2.05, 4.69) is 4.90 Å². The second-order valence-corrected chi connectivity index (χ2v) is 11.3. The highest BCUT2D eigenvalue weighted by Crippen LogP contribution is 2.25. The van der Waals surface area contributed by atoms with Gasteiger partial charge in [-0.2, -0.15) is 4.31 Å². The zero-order valence-electron chi connectivity index (χ0n) is 20.1. The molecular formula is C27H29ClN2O5S. The number of carboxylic acids is 1. The molecule has 0 amide bonds. The smallest absolute Gasteiger partial charge is 0.307 e. The highest BCUT2D eigenvalue weighted by atomic mass is 35.5. The molecule has 190 valence electrons. The second kappa shape index (κ2) is 11.4. The number of ether oxygens (including phenoxy) is 1. The lowest BCUT2D eigenvalue weighted by atomic mass is 10.1. The van der Waals surface area contributed by atoms with Crippen molar-refractivity contribution in [2.75, 3.05) is 26.2 Å². The summed E-state index contributed by atoms with van der Waals surface area (Å²) in [6, 6.07) is 19.7. The number of aliphatic carboxylic acids is 1. The van der Waals surface area contributed by atoms with Gasteiger partial charge in [-0.3, -0.25) is 9.69 Å². The first-order valence-corrected chi connectivity index (χ1v) is 13.5. The maximum absolute atomic E-state index is 13.0. The first kappa shape index (κ1) is 26.2. The maximum atomic E-state index is 13.0. The van der Waals surface area contributed by atoms with Gasteiger partial charge in [-0.15, -0.1) is 0 Å². The molecule has 4 rings (SSSR count). The van der Waals surface area contributed by atoms with E-state index in [0.29, 0.717) is 60.6 Å². The van der Waals surface area contributed by atoms with Gasteiger partial charge in [0.05, 0.1) is 11.3 Å². The molecule has 3 aromatic rings. The largest absolute Gasteiger partial charge is 0.489 e.